The molecule has 0 atom stereocenters. The lowest BCUT2D eigenvalue weighted by atomic mass is 9.51. The van der Waals surface area contributed by atoms with Gasteiger partial charge in [0, 0.05) is 24.8 Å². The molecule has 0 aromatic rings. The lowest BCUT2D eigenvalue weighted by Gasteiger charge is -2.40. The molecular weight excluding hydrogens is 289 g/mol. The second-order valence-corrected chi connectivity index (χ2v) is 6.69. The molecule has 7 nitrogen and oxygen atoms in total. The molecule has 126 valence electrons. The molecule has 0 aromatic heterocycles. The lowest BCUT2D eigenvalue weighted by molar-refractivity contribution is -0.144. The summed E-state index contributed by atoms with van der Waals surface area (Å²) in [5.74, 6) is -0.457. The van der Waals surface area contributed by atoms with Gasteiger partial charge in [0.25, 0.3) is 0 Å². The number of amides is 1. The Kier molecular flexibility index (Phi) is 6.25. The van der Waals surface area contributed by atoms with Gasteiger partial charge in [0.1, 0.15) is 5.60 Å². The SMILES string of the molecule is CCOC(=O)CC1(B(O)O)CCN(C(=O)OC(C)(C)C)CC1. The number of piperidine rings is 1. The van der Waals surface area contributed by atoms with Crippen molar-refractivity contribution in [2.45, 2.75) is 57.9 Å². The van der Waals surface area contributed by atoms with Crippen LogP contribution in [0, 0.1) is 0 Å². The van der Waals surface area contributed by atoms with E-state index < -0.39 is 30.1 Å². The quantitative estimate of drug-likeness (QED) is 0.597. The van der Waals surface area contributed by atoms with E-state index in [-0.39, 0.29) is 13.0 Å². The van der Waals surface area contributed by atoms with E-state index in [0.717, 1.165) is 0 Å². The third-order valence-corrected chi connectivity index (χ3v) is 3.76. The van der Waals surface area contributed by atoms with Gasteiger partial charge in [0.05, 0.1) is 6.61 Å². The number of hydrogen-bond donors (Lipinski definition) is 2. The summed E-state index contributed by atoms with van der Waals surface area (Å²) in [6.07, 6.45) is 0.121. The molecule has 22 heavy (non-hydrogen) atoms. The number of carbonyl (C=O) groups excluding carboxylic acids is 2. The van der Waals surface area contributed by atoms with E-state index in [1.54, 1.807) is 27.7 Å². The molecule has 1 aliphatic rings. The van der Waals surface area contributed by atoms with Crippen molar-refractivity contribution in [2.75, 3.05) is 19.7 Å². The molecule has 0 aromatic carbocycles. The van der Waals surface area contributed by atoms with Gasteiger partial charge in [0.2, 0.25) is 0 Å². The summed E-state index contributed by atoms with van der Waals surface area (Å²) in [5, 5.41) is 18.4. The fourth-order valence-electron chi connectivity index (χ4n) is 2.49. The first kappa shape index (κ1) is 18.8. The topological polar surface area (TPSA) is 96.3 Å². The maximum absolute atomic E-state index is 12.0. The summed E-state index contributed by atoms with van der Waals surface area (Å²) in [5.41, 5.74) is -0.576. The van der Waals surface area contributed by atoms with Crippen molar-refractivity contribution in [3.63, 3.8) is 0 Å². The Balaban J connectivity index is 2.66. The number of carbonyl (C=O) groups is 2. The van der Waals surface area contributed by atoms with Gasteiger partial charge in [0.15, 0.2) is 0 Å². The van der Waals surface area contributed by atoms with Crippen molar-refractivity contribution in [1.82, 2.24) is 4.90 Å². The molecule has 1 heterocycles. The van der Waals surface area contributed by atoms with Gasteiger partial charge in [-0.25, -0.2) is 4.79 Å². The van der Waals surface area contributed by atoms with Crippen LogP contribution in [0.15, 0.2) is 0 Å². The molecule has 1 amide bonds. The van der Waals surface area contributed by atoms with E-state index in [2.05, 4.69) is 0 Å². The van der Waals surface area contributed by atoms with E-state index in [9.17, 15) is 19.6 Å². The van der Waals surface area contributed by atoms with Crippen molar-refractivity contribution in [1.29, 1.82) is 0 Å². The van der Waals surface area contributed by atoms with Crippen molar-refractivity contribution >= 4 is 19.2 Å². The monoisotopic (exact) mass is 315 g/mol. The minimum Gasteiger partial charge on any atom is -0.466 e. The summed E-state index contributed by atoms with van der Waals surface area (Å²) in [6, 6.07) is 0. The largest absolute Gasteiger partial charge is 0.466 e. The minimum absolute atomic E-state index is 0.0688. The molecule has 8 heteroatoms. The van der Waals surface area contributed by atoms with Gasteiger partial charge in [-0.05, 0) is 40.5 Å². The van der Waals surface area contributed by atoms with E-state index >= 15 is 0 Å². The molecule has 0 spiro atoms. The van der Waals surface area contributed by atoms with E-state index in [1.165, 1.54) is 4.90 Å². The average molecular weight is 315 g/mol. The fraction of sp³-hybridized carbons (Fsp3) is 0.857. The zero-order valence-electron chi connectivity index (χ0n) is 13.8. The lowest BCUT2D eigenvalue weighted by Crippen LogP contribution is -2.48. The van der Waals surface area contributed by atoms with Crippen LogP contribution in [0.5, 0.6) is 0 Å². The standard InChI is InChI=1S/C14H26BNO6/c1-5-21-11(17)10-14(15(19)20)6-8-16(9-7-14)12(18)22-13(2,3)4/h19-20H,5-10H2,1-4H3. The van der Waals surface area contributed by atoms with Crippen LogP contribution >= 0.6 is 0 Å². The van der Waals surface area contributed by atoms with Crippen molar-refractivity contribution in [3.8, 4) is 0 Å². The second kappa shape index (κ2) is 7.33. The second-order valence-electron chi connectivity index (χ2n) is 6.69. The molecule has 0 radical (unpaired) electrons. The van der Waals surface area contributed by atoms with Crippen LogP contribution in [0.3, 0.4) is 0 Å². The Morgan fingerprint density at radius 2 is 1.77 bits per heavy atom. The summed E-state index contributed by atoms with van der Waals surface area (Å²) < 4.78 is 10.2. The van der Waals surface area contributed by atoms with Crippen LogP contribution in [0.2, 0.25) is 5.31 Å². The first-order chi connectivity index (χ1) is 10.1. The molecule has 2 N–H and O–H groups in total. The smallest absolute Gasteiger partial charge is 0.458 e. The van der Waals surface area contributed by atoms with Crippen LogP contribution < -0.4 is 0 Å². The first-order valence-corrected chi connectivity index (χ1v) is 7.59. The number of nitrogens with zero attached hydrogens (tertiary/aromatic N) is 1. The summed E-state index contributed by atoms with van der Waals surface area (Å²) in [6.45, 7) is 7.94. The predicted molar refractivity (Wildman–Crippen MR) is 81.2 cm³/mol. The maximum atomic E-state index is 12.0. The Bertz CT molecular complexity index is 399. The zero-order chi connectivity index (χ0) is 17.0. The number of hydrogen-bond acceptors (Lipinski definition) is 6. The highest BCUT2D eigenvalue weighted by Gasteiger charge is 2.47. The molecule has 1 saturated heterocycles. The van der Waals surface area contributed by atoms with Gasteiger partial charge in [-0.1, -0.05) is 0 Å². The Morgan fingerprint density at radius 1 is 1.23 bits per heavy atom. The summed E-state index contributed by atoms with van der Waals surface area (Å²) >= 11 is 0. The molecule has 1 aliphatic heterocycles. The number of ether oxygens (including phenoxy) is 2. The van der Waals surface area contributed by atoms with Crippen LogP contribution in [-0.2, 0) is 14.3 Å². The highest BCUT2D eigenvalue weighted by atomic mass is 16.6. The van der Waals surface area contributed by atoms with Gasteiger partial charge < -0.3 is 24.4 Å². The van der Waals surface area contributed by atoms with Crippen molar-refractivity contribution < 1.29 is 29.1 Å². The zero-order valence-corrected chi connectivity index (χ0v) is 13.8. The number of likely N-dealkylation sites (tertiary alicyclic amines) is 1. The van der Waals surface area contributed by atoms with Crippen molar-refractivity contribution in [2.24, 2.45) is 0 Å². The van der Waals surface area contributed by atoms with Crippen LogP contribution in [0.4, 0.5) is 4.79 Å². The predicted octanol–water partition coefficient (Wildman–Crippen LogP) is 1.18. The number of esters is 1. The molecule has 0 unspecified atom stereocenters. The highest BCUT2D eigenvalue weighted by molar-refractivity contribution is 6.46. The van der Waals surface area contributed by atoms with Gasteiger partial charge >= 0.3 is 19.2 Å². The average Bonchev–Trinajstić information content (AvgIpc) is 2.37. The Labute approximate surface area is 131 Å². The van der Waals surface area contributed by atoms with Gasteiger partial charge in [-0.2, -0.15) is 0 Å². The highest BCUT2D eigenvalue weighted by Crippen LogP contribution is 2.44. The van der Waals surface area contributed by atoms with E-state index in [1.807, 2.05) is 0 Å². The first-order valence-electron chi connectivity index (χ1n) is 7.59. The van der Waals surface area contributed by atoms with Crippen LogP contribution in [0.1, 0.15) is 47.0 Å². The molecule has 0 aliphatic carbocycles. The maximum Gasteiger partial charge on any atom is 0.458 e. The summed E-state index contributed by atoms with van der Waals surface area (Å²) in [7, 11) is -1.63. The van der Waals surface area contributed by atoms with Crippen molar-refractivity contribution in [3.05, 3.63) is 0 Å². The third-order valence-electron chi connectivity index (χ3n) is 3.76. The van der Waals surface area contributed by atoms with Gasteiger partial charge in [-0.15, -0.1) is 0 Å². The summed E-state index contributed by atoms with van der Waals surface area (Å²) in [4.78, 5) is 25.2. The fourth-order valence-corrected chi connectivity index (χ4v) is 2.49. The normalized spacial score (nSPS) is 17.8. The van der Waals surface area contributed by atoms with Crippen LogP contribution in [-0.4, -0.2) is 59.4 Å². The molecule has 1 rings (SSSR count). The molecule has 0 saturated carbocycles. The molecule has 0 bridgehead atoms. The Hall–Kier alpha value is -1.28. The Morgan fingerprint density at radius 3 is 2.18 bits per heavy atom. The van der Waals surface area contributed by atoms with Gasteiger partial charge in [-0.3, -0.25) is 4.79 Å². The third kappa shape index (κ3) is 5.17. The molecule has 1 fully saturated rings. The van der Waals surface area contributed by atoms with Crippen LogP contribution in [0.25, 0.3) is 0 Å². The van der Waals surface area contributed by atoms with E-state index in [0.29, 0.717) is 25.9 Å². The molecular formula is C14H26BNO6. The minimum atomic E-state index is -1.63. The number of rotatable bonds is 4. The van der Waals surface area contributed by atoms with E-state index in [4.69, 9.17) is 9.47 Å².